The normalized spacial score (nSPS) is 27.7. The highest BCUT2D eigenvalue weighted by molar-refractivity contribution is 6.16. The molecule has 4 rings (SSSR count). The minimum atomic E-state index is -1.78. The first-order valence-electron chi connectivity index (χ1n) is 8.62. The van der Waals surface area contributed by atoms with Crippen LogP contribution in [0.3, 0.4) is 0 Å². The fraction of sp³-hybridized carbons (Fsp3) is 0.350. The van der Waals surface area contributed by atoms with Crippen LogP contribution in [0.5, 0.6) is 0 Å². The van der Waals surface area contributed by atoms with Gasteiger partial charge in [-0.2, -0.15) is 5.26 Å². The van der Waals surface area contributed by atoms with Gasteiger partial charge in [0.25, 0.3) is 0 Å². The van der Waals surface area contributed by atoms with E-state index in [4.69, 9.17) is 19.9 Å². The topological polar surface area (TPSA) is 112 Å². The lowest BCUT2D eigenvalue weighted by molar-refractivity contribution is -0.199. The molecule has 2 aliphatic heterocycles. The molecule has 0 radical (unpaired) electrons. The van der Waals surface area contributed by atoms with Crippen LogP contribution in [0.25, 0.3) is 0 Å². The summed E-state index contributed by atoms with van der Waals surface area (Å²) in [6.45, 7) is 5.53. The maximum Gasteiger partial charge on any atom is 0.339 e. The van der Waals surface area contributed by atoms with Gasteiger partial charge in [0.1, 0.15) is 23.0 Å². The molecule has 7 nitrogen and oxygen atoms in total. The van der Waals surface area contributed by atoms with Gasteiger partial charge in [0, 0.05) is 11.1 Å². The van der Waals surface area contributed by atoms with Gasteiger partial charge in [-0.05, 0) is 12.8 Å². The van der Waals surface area contributed by atoms with Crippen molar-refractivity contribution in [1.82, 2.24) is 0 Å². The predicted molar refractivity (Wildman–Crippen MR) is 92.4 cm³/mol. The molecule has 138 valence electrons. The number of nitriles is 1. The van der Waals surface area contributed by atoms with Gasteiger partial charge in [-0.1, -0.05) is 38.1 Å². The van der Waals surface area contributed by atoms with Crippen molar-refractivity contribution in [3.8, 4) is 6.07 Å². The second-order valence-corrected chi connectivity index (χ2v) is 7.22. The molecule has 0 amide bonds. The molecule has 2 heterocycles. The van der Waals surface area contributed by atoms with Crippen LogP contribution in [0.4, 0.5) is 0 Å². The minimum Gasteiger partial charge on any atom is -0.462 e. The number of hydrogen-bond donors (Lipinski definition) is 1. The van der Waals surface area contributed by atoms with Crippen molar-refractivity contribution in [1.29, 1.82) is 5.26 Å². The third kappa shape index (κ3) is 1.80. The van der Waals surface area contributed by atoms with Gasteiger partial charge < -0.3 is 19.9 Å². The summed E-state index contributed by atoms with van der Waals surface area (Å²) in [6.07, 6.45) is 0. The van der Waals surface area contributed by atoms with E-state index in [1.54, 1.807) is 31.2 Å². The third-order valence-corrected chi connectivity index (χ3v) is 5.12. The number of allylic oxidation sites excluding steroid dienone is 1. The molecule has 0 saturated heterocycles. The van der Waals surface area contributed by atoms with E-state index in [1.807, 2.05) is 19.9 Å². The van der Waals surface area contributed by atoms with Crippen molar-refractivity contribution in [2.75, 3.05) is 6.61 Å². The molecule has 3 aliphatic rings. The van der Waals surface area contributed by atoms with Gasteiger partial charge in [0.2, 0.25) is 5.88 Å². The van der Waals surface area contributed by atoms with E-state index in [-0.39, 0.29) is 35.3 Å². The molecular formula is C20H18N2O5. The second-order valence-electron chi connectivity index (χ2n) is 7.22. The SMILES string of the molecule is CC1=C(C(=O)OCC(C)C)[C@]23C(=O)c4ccccc4[C@@]2(O1)OC(N)=C3C#N. The molecular weight excluding hydrogens is 348 g/mol. The monoisotopic (exact) mass is 366 g/mol. The number of Topliss-reactive ketones (excluding diaryl/α,β-unsaturated/α-hetero) is 1. The quantitative estimate of drug-likeness (QED) is 0.817. The van der Waals surface area contributed by atoms with E-state index in [9.17, 15) is 14.9 Å². The maximum atomic E-state index is 13.5. The fourth-order valence-electron chi connectivity index (χ4n) is 4.16. The molecule has 0 saturated carbocycles. The van der Waals surface area contributed by atoms with E-state index >= 15 is 0 Å². The molecule has 2 atom stereocenters. The molecule has 0 fully saturated rings. The first kappa shape index (κ1) is 17.2. The summed E-state index contributed by atoms with van der Waals surface area (Å²) < 4.78 is 17.2. The number of ketones is 1. The Morgan fingerprint density at radius 1 is 1.33 bits per heavy atom. The maximum absolute atomic E-state index is 13.5. The molecule has 1 aromatic rings. The Hall–Kier alpha value is -3.27. The molecule has 1 aromatic carbocycles. The van der Waals surface area contributed by atoms with Gasteiger partial charge in [-0.25, -0.2) is 4.79 Å². The number of carbonyl (C=O) groups is 2. The predicted octanol–water partition coefficient (Wildman–Crippen LogP) is 2.25. The number of nitrogens with two attached hydrogens (primary N) is 1. The zero-order valence-electron chi connectivity index (χ0n) is 15.2. The highest BCUT2D eigenvalue weighted by Gasteiger charge is 2.80. The van der Waals surface area contributed by atoms with Gasteiger partial charge in [0.05, 0.1) is 6.61 Å². The molecule has 7 heteroatoms. The Bertz CT molecular complexity index is 1000. The lowest BCUT2D eigenvalue weighted by Gasteiger charge is -2.31. The van der Waals surface area contributed by atoms with Crippen molar-refractivity contribution in [3.63, 3.8) is 0 Å². The standard InChI is InChI=1S/C20H18N2O5/c1-10(2)9-25-18(24)15-11(3)26-20-13-7-5-4-6-12(13)16(23)19(15,20)14(8-21)17(22)27-20/h4-7,10H,9,22H2,1-3H3/t19-,20-/m1/s1. The van der Waals surface area contributed by atoms with E-state index in [2.05, 4.69) is 0 Å². The lowest BCUT2D eigenvalue weighted by Crippen LogP contribution is -2.45. The molecule has 0 unspecified atom stereocenters. The van der Waals surface area contributed by atoms with Gasteiger partial charge in [-0.3, -0.25) is 4.79 Å². The minimum absolute atomic E-state index is 0.0265. The average Bonchev–Trinajstić information content (AvgIpc) is 3.10. The number of nitrogens with zero attached hydrogens (tertiary/aromatic N) is 1. The molecule has 27 heavy (non-hydrogen) atoms. The Morgan fingerprint density at radius 2 is 2.04 bits per heavy atom. The van der Waals surface area contributed by atoms with Crippen molar-refractivity contribution < 1.29 is 23.8 Å². The number of ether oxygens (including phenoxy) is 3. The van der Waals surface area contributed by atoms with Gasteiger partial charge in [-0.15, -0.1) is 0 Å². The summed E-state index contributed by atoms with van der Waals surface area (Å²) in [5.74, 6) is -2.79. The van der Waals surface area contributed by atoms with Crippen molar-refractivity contribution in [2.45, 2.75) is 26.6 Å². The lowest BCUT2D eigenvalue weighted by atomic mass is 9.69. The van der Waals surface area contributed by atoms with E-state index in [1.165, 1.54) is 0 Å². The van der Waals surface area contributed by atoms with Gasteiger partial charge in [0.15, 0.2) is 11.2 Å². The van der Waals surface area contributed by atoms with Crippen LogP contribution in [0.2, 0.25) is 0 Å². The summed E-state index contributed by atoms with van der Waals surface area (Å²) in [5, 5.41) is 9.77. The second kappa shape index (κ2) is 5.36. The number of esters is 1. The van der Waals surface area contributed by atoms with Crippen LogP contribution in [0.15, 0.2) is 47.1 Å². The number of hydrogen-bond acceptors (Lipinski definition) is 7. The molecule has 0 bridgehead atoms. The van der Waals surface area contributed by atoms with Crippen molar-refractivity contribution in [2.24, 2.45) is 17.1 Å². The van der Waals surface area contributed by atoms with Crippen LogP contribution in [-0.2, 0) is 24.8 Å². The van der Waals surface area contributed by atoms with Crippen molar-refractivity contribution in [3.05, 3.63) is 58.2 Å². The summed E-state index contributed by atoms with van der Waals surface area (Å²) in [4.78, 5) is 26.5. The summed E-state index contributed by atoms with van der Waals surface area (Å²) in [7, 11) is 0. The highest BCUT2D eigenvalue weighted by Crippen LogP contribution is 2.69. The van der Waals surface area contributed by atoms with Gasteiger partial charge >= 0.3 is 11.8 Å². The summed E-state index contributed by atoms with van der Waals surface area (Å²) in [5.41, 5.74) is 4.77. The first-order valence-corrected chi connectivity index (χ1v) is 8.62. The average molecular weight is 366 g/mol. The van der Waals surface area contributed by atoms with Crippen LogP contribution in [-0.4, -0.2) is 18.4 Å². The Kier molecular flexibility index (Phi) is 3.41. The number of carbonyl (C=O) groups excluding carboxylic acids is 2. The summed E-state index contributed by atoms with van der Waals surface area (Å²) in [6, 6.07) is 8.70. The van der Waals surface area contributed by atoms with Crippen LogP contribution >= 0.6 is 0 Å². The van der Waals surface area contributed by atoms with Crippen LogP contribution in [0, 0.1) is 22.7 Å². The molecule has 0 spiro atoms. The van der Waals surface area contributed by atoms with E-state index < -0.39 is 23.0 Å². The summed E-state index contributed by atoms with van der Waals surface area (Å²) >= 11 is 0. The highest BCUT2D eigenvalue weighted by atomic mass is 16.7. The van der Waals surface area contributed by atoms with Crippen molar-refractivity contribution >= 4 is 11.8 Å². The Balaban J connectivity index is 1.97. The largest absolute Gasteiger partial charge is 0.462 e. The van der Waals surface area contributed by atoms with Crippen LogP contribution < -0.4 is 5.73 Å². The van der Waals surface area contributed by atoms with Crippen LogP contribution in [0.1, 0.15) is 36.7 Å². The molecule has 0 aromatic heterocycles. The Labute approximate surface area is 156 Å². The smallest absolute Gasteiger partial charge is 0.339 e. The zero-order valence-corrected chi connectivity index (χ0v) is 15.2. The Morgan fingerprint density at radius 3 is 2.70 bits per heavy atom. The fourth-order valence-corrected chi connectivity index (χ4v) is 4.16. The third-order valence-electron chi connectivity index (χ3n) is 5.12. The zero-order chi connectivity index (χ0) is 19.6. The first-order chi connectivity index (χ1) is 12.8. The molecule has 1 aliphatic carbocycles. The number of benzene rings is 1. The number of fused-ring (bicyclic) bond motifs is 1. The molecule has 2 N–H and O–H groups in total. The number of rotatable bonds is 3. The van der Waals surface area contributed by atoms with E-state index in [0.29, 0.717) is 11.1 Å². The van der Waals surface area contributed by atoms with E-state index in [0.717, 1.165) is 0 Å².